The van der Waals surface area contributed by atoms with Crippen LogP contribution in [0.1, 0.15) is 19.3 Å². The van der Waals surface area contributed by atoms with Gasteiger partial charge in [0, 0.05) is 12.8 Å². The van der Waals surface area contributed by atoms with Crippen molar-refractivity contribution in [2.75, 3.05) is 18.2 Å². The molecule has 1 aromatic carbocycles. The zero-order chi connectivity index (χ0) is 12.8. The molecule has 2 fully saturated rings. The molecule has 18 heavy (non-hydrogen) atoms. The molecule has 5 nitrogen and oxygen atoms in total. The summed E-state index contributed by atoms with van der Waals surface area (Å²) in [6, 6.07) is 6.89. The highest BCUT2D eigenvalue weighted by atomic mass is 32.2. The van der Waals surface area contributed by atoms with Crippen LogP contribution in [0.2, 0.25) is 0 Å². The van der Waals surface area contributed by atoms with Crippen molar-refractivity contribution in [1.29, 1.82) is 0 Å². The van der Waals surface area contributed by atoms with Crippen LogP contribution in [0.3, 0.4) is 0 Å². The van der Waals surface area contributed by atoms with E-state index in [9.17, 15) is 8.42 Å². The first kappa shape index (κ1) is 12.0. The van der Waals surface area contributed by atoms with Gasteiger partial charge < -0.3 is 5.43 Å². The molecule has 0 aromatic heterocycles. The van der Waals surface area contributed by atoms with E-state index in [1.54, 1.807) is 12.1 Å². The van der Waals surface area contributed by atoms with Gasteiger partial charge in [-0.15, -0.1) is 5.12 Å². The van der Waals surface area contributed by atoms with Gasteiger partial charge in [-0.25, -0.2) is 13.4 Å². The number of benzene rings is 1. The molecule has 0 aliphatic carbocycles. The van der Waals surface area contributed by atoms with E-state index in [2.05, 4.69) is 15.6 Å². The van der Waals surface area contributed by atoms with Gasteiger partial charge in [0.1, 0.15) is 6.17 Å². The van der Waals surface area contributed by atoms with Gasteiger partial charge in [-0.2, -0.15) is 0 Å². The van der Waals surface area contributed by atoms with E-state index in [1.165, 1.54) is 25.5 Å². The molecule has 2 aliphatic heterocycles. The molecular formula is C12H17N3O2S. The van der Waals surface area contributed by atoms with Gasteiger partial charge in [-0.3, -0.25) is 0 Å². The van der Waals surface area contributed by atoms with Crippen LogP contribution < -0.4 is 5.43 Å². The zero-order valence-electron chi connectivity index (χ0n) is 10.3. The molecule has 6 heteroatoms. The maximum absolute atomic E-state index is 11.3. The topological polar surface area (TPSA) is 52.2 Å². The number of anilines is 1. The Kier molecular flexibility index (Phi) is 2.80. The average molecular weight is 267 g/mol. The summed E-state index contributed by atoms with van der Waals surface area (Å²) in [5, 5.41) is 4.43. The van der Waals surface area contributed by atoms with E-state index >= 15 is 0 Å². The molecule has 3 unspecified atom stereocenters. The van der Waals surface area contributed by atoms with Gasteiger partial charge in [0.15, 0.2) is 9.84 Å². The van der Waals surface area contributed by atoms with Crippen molar-refractivity contribution in [3.63, 3.8) is 0 Å². The van der Waals surface area contributed by atoms with Crippen molar-refractivity contribution in [3.05, 3.63) is 24.3 Å². The summed E-state index contributed by atoms with van der Waals surface area (Å²) in [6.07, 6.45) is 5.48. The Morgan fingerprint density at radius 1 is 1.22 bits per heavy atom. The fraction of sp³-hybridized carbons (Fsp3) is 0.500. The molecule has 3 atom stereocenters. The minimum absolute atomic E-state index is 0.358. The molecule has 2 aliphatic rings. The lowest BCUT2D eigenvalue weighted by Gasteiger charge is -2.08. The highest BCUT2D eigenvalue weighted by Crippen LogP contribution is 2.35. The second-order valence-corrected chi connectivity index (χ2v) is 6.91. The predicted octanol–water partition coefficient (Wildman–Crippen LogP) is 1.46. The number of hydrazine groups is 2. The number of rotatable bonds is 3. The first-order valence-electron chi connectivity index (χ1n) is 6.18. The molecule has 0 bridgehead atoms. The first-order chi connectivity index (χ1) is 8.55. The van der Waals surface area contributed by atoms with Gasteiger partial charge in [-0.1, -0.05) is 0 Å². The summed E-state index contributed by atoms with van der Waals surface area (Å²) in [6.45, 7) is 1.11. The molecule has 0 spiro atoms. The third kappa shape index (κ3) is 2.23. The Morgan fingerprint density at radius 3 is 2.50 bits per heavy atom. The molecule has 2 saturated heterocycles. The molecule has 1 aromatic rings. The summed E-state index contributed by atoms with van der Waals surface area (Å²) >= 11 is 0. The molecule has 3 rings (SSSR count). The number of hydrogen-bond acceptors (Lipinski definition) is 5. The minimum atomic E-state index is -3.11. The minimum Gasteiger partial charge on any atom is -0.304 e. The first-order valence-corrected chi connectivity index (χ1v) is 8.07. The molecule has 0 radical (unpaired) electrons. The quantitative estimate of drug-likeness (QED) is 0.840. The van der Waals surface area contributed by atoms with Gasteiger partial charge in [-0.05, 0) is 43.5 Å². The molecule has 0 amide bonds. The van der Waals surface area contributed by atoms with Gasteiger partial charge >= 0.3 is 0 Å². The van der Waals surface area contributed by atoms with Gasteiger partial charge in [0.05, 0.1) is 10.6 Å². The number of nitrogens with one attached hydrogen (secondary N) is 1. The molecule has 98 valence electrons. The highest BCUT2D eigenvalue weighted by molar-refractivity contribution is 7.90. The SMILES string of the molecule is CS(=O)(=O)c1ccc(NN2C3CCCCN32)cc1. The average Bonchev–Trinajstić information content (AvgIpc) is 3.03. The summed E-state index contributed by atoms with van der Waals surface area (Å²) in [5.74, 6) is 0. The molecule has 2 heterocycles. The number of nitrogens with zero attached hydrogens (tertiary/aromatic N) is 2. The lowest BCUT2D eigenvalue weighted by molar-refractivity contribution is 0.328. The standard InChI is InChI=1S/C12H17N3O2S/c1-18(16,17)11-7-5-10(6-8-11)13-15-12-4-2-3-9-14(12)15/h5-8,12-13H,2-4,9H2,1H3. The smallest absolute Gasteiger partial charge is 0.175 e. The highest BCUT2D eigenvalue weighted by Gasteiger charge is 2.46. The Bertz CT molecular complexity index is 529. The van der Waals surface area contributed by atoms with Crippen molar-refractivity contribution in [3.8, 4) is 0 Å². The van der Waals surface area contributed by atoms with Gasteiger partial charge in [0.2, 0.25) is 0 Å². The van der Waals surface area contributed by atoms with Crippen LogP contribution >= 0.6 is 0 Å². The van der Waals surface area contributed by atoms with Crippen LogP contribution in [0.15, 0.2) is 29.2 Å². The van der Waals surface area contributed by atoms with Gasteiger partial charge in [0.25, 0.3) is 0 Å². The molecule has 0 saturated carbocycles. The monoisotopic (exact) mass is 267 g/mol. The molecule has 1 N–H and O–H groups in total. The zero-order valence-corrected chi connectivity index (χ0v) is 11.2. The maximum Gasteiger partial charge on any atom is 0.175 e. The van der Waals surface area contributed by atoms with Crippen LogP contribution in [0, 0.1) is 0 Å². The van der Waals surface area contributed by atoms with Crippen LogP contribution in [0.25, 0.3) is 0 Å². The number of fused-ring (bicyclic) bond motifs is 1. The second-order valence-electron chi connectivity index (χ2n) is 4.89. The van der Waals surface area contributed by atoms with Crippen molar-refractivity contribution in [1.82, 2.24) is 10.1 Å². The van der Waals surface area contributed by atoms with E-state index in [0.29, 0.717) is 11.1 Å². The number of sulfone groups is 1. The summed E-state index contributed by atoms with van der Waals surface area (Å²) in [7, 11) is -3.11. The maximum atomic E-state index is 11.3. The van der Waals surface area contributed by atoms with Crippen molar-refractivity contribution in [2.45, 2.75) is 30.3 Å². The molecular weight excluding hydrogens is 250 g/mol. The third-order valence-electron chi connectivity index (χ3n) is 3.47. The lowest BCUT2D eigenvalue weighted by Crippen LogP contribution is -2.14. The van der Waals surface area contributed by atoms with E-state index in [4.69, 9.17) is 0 Å². The summed E-state index contributed by atoms with van der Waals surface area (Å²) < 4.78 is 22.7. The van der Waals surface area contributed by atoms with E-state index in [-0.39, 0.29) is 0 Å². The largest absolute Gasteiger partial charge is 0.304 e. The normalized spacial score (nSPS) is 30.6. The van der Waals surface area contributed by atoms with E-state index < -0.39 is 9.84 Å². The Morgan fingerprint density at radius 2 is 1.94 bits per heavy atom. The Labute approximate surface area is 107 Å². The van der Waals surface area contributed by atoms with Crippen molar-refractivity contribution < 1.29 is 8.42 Å². The summed E-state index contributed by atoms with van der Waals surface area (Å²) in [5.41, 5.74) is 4.23. The third-order valence-corrected chi connectivity index (χ3v) is 4.60. The van der Waals surface area contributed by atoms with Crippen LogP contribution in [0.5, 0.6) is 0 Å². The lowest BCUT2D eigenvalue weighted by atomic mass is 10.2. The number of hydrogen-bond donors (Lipinski definition) is 1. The fourth-order valence-corrected chi connectivity index (χ4v) is 3.06. The van der Waals surface area contributed by atoms with Crippen LogP contribution in [-0.4, -0.2) is 37.5 Å². The fourth-order valence-electron chi connectivity index (χ4n) is 2.43. The number of piperidine rings is 1. The Balaban J connectivity index is 1.68. The second kappa shape index (κ2) is 4.22. The van der Waals surface area contributed by atoms with Crippen molar-refractivity contribution in [2.24, 2.45) is 0 Å². The predicted molar refractivity (Wildman–Crippen MR) is 69.4 cm³/mol. The Hall–Kier alpha value is -1.11. The van der Waals surface area contributed by atoms with E-state index in [0.717, 1.165) is 12.2 Å². The van der Waals surface area contributed by atoms with Crippen molar-refractivity contribution >= 4 is 15.5 Å². The summed E-state index contributed by atoms with van der Waals surface area (Å²) in [4.78, 5) is 0.358. The van der Waals surface area contributed by atoms with Crippen LogP contribution in [0.4, 0.5) is 5.69 Å². The van der Waals surface area contributed by atoms with Crippen LogP contribution in [-0.2, 0) is 9.84 Å². The van der Waals surface area contributed by atoms with E-state index in [1.807, 2.05) is 12.1 Å².